The first kappa shape index (κ1) is 16.4. The van der Waals surface area contributed by atoms with Crippen LogP contribution in [0.4, 0.5) is 16.2 Å². The van der Waals surface area contributed by atoms with Gasteiger partial charge in [0, 0.05) is 31.5 Å². The number of carbonyl (C=O) groups excluding carboxylic acids is 1. The average molecular weight is 323 g/mol. The number of amides is 2. The van der Waals surface area contributed by atoms with E-state index in [2.05, 4.69) is 40.8 Å². The Morgan fingerprint density at radius 1 is 1.17 bits per heavy atom. The van der Waals surface area contributed by atoms with E-state index in [0.717, 1.165) is 25.1 Å². The zero-order valence-electron chi connectivity index (χ0n) is 14.4. The minimum atomic E-state index is -0.156. The lowest BCUT2D eigenvalue weighted by Gasteiger charge is -2.27. The second-order valence-electron chi connectivity index (χ2n) is 6.49. The van der Waals surface area contributed by atoms with Crippen molar-refractivity contribution in [1.82, 2.24) is 5.32 Å². The van der Waals surface area contributed by atoms with E-state index in [1.54, 1.807) is 0 Å². The number of nitrogens with zero attached hydrogens (tertiary/aromatic N) is 1. The Kier molecular flexibility index (Phi) is 5.04. The van der Waals surface area contributed by atoms with E-state index in [9.17, 15) is 4.79 Å². The quantitative estimate of drug-likeness (QED) is 0.900. The average Bonchev–Trinajstić information content (AvgIpc) is 2.57. The molecule has 0 radical (unpaired) electrons. The van der Waals surface area contributed by atoms with E-state index in [0.29, 0.717) is 6.54 Å². The third-order valence-electron chi connectivity index (χ3n) is 4.50. The molecule has 2 N–H and O–H groups in total. The Bertz CT molecular complexity index is 709. The highest BCUT2D eigenvalue weighted by atomic mass is 16.2. The van der Waals surface area contributed by atoms with Crippen molar-refractivity contribution in [3.8, 4) is 0 Å². The highest BCUT2D eigenvalue weighted by molar-refractivity contribution is 5.89. The second kappa shape index (κ2) is 7.39. The van der Waals surface area contributed by atoms with Crippen LogP contribution >= 0.6 is 0 Å². The van der Waals surface area contributed by atoms with Crippen LogP contribution in [0.3, 0.4) is 0 Å². The summed E-state index contributed by atoms with van der Waals surface area (Å²) in [6.45, 7) is 3.79. The molecular formula is C20H25N3O. The fourth-order valence-corrected chi connectivity index (χ4v) is 3.13. The molecular weight excluding hydrogens is 298 g/mol. The van der Waals surface area contributed by atoms with Gasteiger partial charge in [-0.25, -0.2) is 4.79 Å². The van der Waals surface area contributed by atoms with Crippen LogP contribution in [0.1, 0.15) is 23.1 Å². The topological polar surface area (TPSA) is 44.4 Å². The zero-order chi connectivity index (χ0) is 16.9. The Labute approximate surface area is 143 Å². The summed E-state index contributed by atoms with van der Waals surface area (Å²) in [5, 5.41) is 5.78. The zero-order valence-corrected chi connectivity index (χ0v) is 14.4. The molecule has 4 heteroatoms. The summed E-state index contributed by atoms with van der Waals surface area (Å²) < 4.78 is 0. The minimum Gasteiger partial charge on any atom is -0.374 e. The van der Waals surface area contributed by atoms with Gasteiger partial charge >= 0.3 is 6.03 Å². The molecule has 0 unspecified atom stereocenters. The summed E-state index contributed by atoms with van der Waals surface area (Å²) in [5.41, 5.74) is 6.04. The number of urea groups is 1. The highest BCUT2D eigenvalue weighted by Gasteiger charge is 2.13. The molecule has 0 aliphatic carbocycles. The van der Waals surface area contributed by atoms with Crippen LogP contribution in [0.5, 0.6) is 0 Å². The smallest absolute Gasteiger partial charge is 0.319 e. The Balaban J connectivity index is 1.49. The molecule has 24 heavy (non-hydrogen) atoms. The Morgan fingerprint density at radius 2 is 1.96 bits per heavy atom. The summed E-state index contributed by atoms with van der Waals surface area (Å²) in [5.74, 6) is 0. The van der Waals surface area contributed by atoms with Crippen LogP contribution in [0.25, 0.3) is 0 Å². The van der Waals surface area contributed by atoms with Crippen molar-refractivity contribution in [2.24, 2.45) is 0 Å². The van der Waals surface area contributed by atoms with E-state index < -0.39 is 0 Å². The molecule has 0 atom stereocenters. The maximum absolute atomic E-state index is 11.9. The molecule has 0 aromatic heterocycles. The number of nitrogens with one attached hydrogen (secondary N) is 2. The van der Waals surface area contributed by atoms with Crippen molar-refractivity contribution >= 4 is 17.4 Å². The number of rotatable bonds is 4. The van der Waals surface area contributed by atoms with Crippen LogP contribution < -0.4 is 15.5 Å². The lowest BCUT2D eigenvalue weighted by Crippen LogP contribution is -2.30. The van der Waals surface area contributed by atoms with Gasteiger partial charge < -0.3 is 15.5 Å². The van der Waals surface area contributed by atoms with Gasteiger partial charge in [0.25, 0.3) is 0 Å². The number of benzene rings is 2. The van der Waals surface area contributed by atoms with Crippen molar-refractivity contribution in [1.29, 1.82) is 0 Å². The molecule has 126 valence electrons. The van der Waals surface area contributed by atoms with E-state index in [4.69, 9.17) is 0 Å². The normalized spacial score (nSPS) is 13.3. The summed E-state index contributed by atoms with van der Waals surface area (Å²) in [4.78, 5) is 14.2. The highest BCUT2D eigenvalue weighted by Crippen LogP contribution is 2.26. The Morgan fingerprint density at radius 3 is 2.75 bits per heavy atom. The molecule has 0 saturated heterocycles. The van der Waals surface area contributed by atoms with E-state index in [1.165, 1.54) is 28.8 Å². The lowest BCUT2D eigenvalue weighted by atomic mass is 9.98. The number of hydrogen-bond acceptors (Lipinski definition) is 2. The molecule has 1 aliphatic rings. The molecule has 1 aliphatic heterocycles. The van der Waals surface area contributed by atoms with E-state index in [-0.39, 0.29) is 6.03 Å². The first-order valence-electron chi connectivity index (χ1n) is 8.56. The molecule has 0 spiro atoms. The van der Waals surface area contributed by atoms with Gasteiger partial charge in [0.15, 0.2) is 0 Å². The number of fused-ring (bicyclic) bond motifs is 1. The van der Waals surface area contributed by atoms with Gasteiger partial charge in [0.2, 0.25) is 0 Å². The first-order valence-corrected chi connectivity index (χ1v) is 8.56. The van der Waals surface area contributed by atoms with Gasteiger partial charge in [-0.15, -0.1) is 0 Å². The van der Waals surface area contributed by atoms with E-state index >= 15 is 0 Å². The predicted molar refractivity (Wildman–Crippen MR) is 99.9 cm³/mol. The molecule has 2 amide bonds. The summed E-state index contributed by atoms with van der Waals surface area (Å²) in [7, 11) is 2.15. The third-order valence-corrected chi connectivity index (χ3v) is 4.50. The number of carbonyl (C=O) groups is 1. The predicted octanol–water partition coefficient (Wildman–Crippen LogP) is 3.74. The van der Waals surface area contributed by atoms with Gasteiger partial charge in [-0.1, -0.05) is 29.8 Å². The molecule has 2 aromatic carbocycles. The summed E-state index contributed by atoms with van der Waals surface area (Å²) >= 11 is 0. The van der Waals surface area contributed by atoms with Gasteiger partial charge in [0.1, 0.15) is 0 Å². The van der Waals surface area contributed by atoms with Crippen molar-refractivity contribution in [3.63, 3.8) is 0 Å². The van der Waals surface area contributed by atoms with E-state index in [1.807, 2.05) is 31.2 Å². The number of hydrogen-bond donors (Lipinski definition) is 2. The van der Waals surface area contributed by atoms with Crippen molar-refractivity contribution < 1.29 is 4.79 Å². The first-order chi connectivity index (χ1) is 11.6. The number of aryl methyl sites for hydroxylation is 2. The Hall–Kier alpha value is -2.49. The lowest BCUT2D eigenvalue weighted by molar-refractivity contribution is 0.252. The van der Waals surface area contributed by atoms with Crippen molar-refractivity contribution in [2.45, 2.75) is 26.2 Å². The number of anilines is 2. The largest absolute Gasteiger partial charge is 0.374 e. The maximum atomic E-state index is 11.9. The molecule has 4 nitrogen and oxygen atoms in total. The van der Waals surface area contributed by atoms with Gasteiger partial charge in [0.05, 0.1) is 0 Å². The van der Waals surface area contributed by atoms with Crippen molar-refractivity contribution in [3.05, 3.63) is 59.2 Å². The van der Waals surface area contributed by atoms with Crippen LogP contribution in [-0.2, 0) is 12.8 Å². The van der Waals surface area contributed by atoms with Gasteiger partial charge in [-0.05, 0) is 55.5 Å². The molecule has 0 fully saturated rings. The standard InChI is InChI=1S/C20H25N3O/c1-15-5-8-18(9-6-15)22-20(24)21-12-11-16-7-10-19-17(14-16)4-3-13-23(19)2/h5-10,14H,3-4,11-13H2,1-2H3,(H2,21,22,24). The van der Waals surface area contributed by atoms with Crippen LogP contribution in [0.2, 0.25) is 0 Å². The van der Waals surface area contributed by atoms with Crippen LogP contribution in [-0.4, -0.2) is 26.2 Å². The molecule has 1 heterocycles. The second-order valence-corrected chi connectivity index (χ2v) is 6.49. The fourth-order valence-electron chi connectivity index (χ4n) is 3.13. The monoisotopic (exact) mass is 323 g/mol. The molecule has 3 rings (SSSR count). The summed E-state index contributed by atoms with van der Waals surface area (Å²) in [6.07, 6.45) is 3.21. The molecule has 0 saturated carbocycles. The maximum Gasteiger partial charge on any atom is 0.319 e. The van der Waals surface area contributed by atoms with Crippen molar-refractivity contribution in [2.75, 3.05) is 30.4 Å². The van der Waals surface area contributed by atoms with Crippen LogP contribution in [0.15, 0.2) is 42.5 Å². The summed E-state index contributed by atoms with van der Waals surface area (Å²) in [6, 6.07) is 14.3. The SMILES string of the molecule is Cc1ccc(NC(=O)NCCc2ccc3c(c2)CCCN3C)cc1. The molecule has 2 aromatic rings. The fraction of sp³-hybridized carbons (Fsp3) is 0.350. The third kappa shape index (κ3) is 4.07. The minimum absolute atomic E-state index is 0.156. The van der Waals surface area contributed by atoms with Crippen LogP contribution in [0, 0.1) is 6.92 Å². The van der Waals surface area contributed by atoms with Gasteiger partial charge in [-0.3, -0.25) is 0 Å². The molecule has 0 bridgehead atoms. The van der Waals surface area contributed by atoms with Gasteiger partial charge in [-0.2, -0.15) is 0 Å².